The van der Waals surface area contributed by atoms with Crippen LogP contribution in [0.4, 0.5) is 11.6 Å². The van der Waals surface area contributed by atoms with Gasteiger partial charge in [-0.2, -0.15) is 17.0 Å². The Balaban J connectivity index is 1.92. The largest absolute Gasteiger partial charge is 0.324 e. The molecule has 3 heterocycles. The van der Waals surface area contributed by atoms with Crippen molar-refractivity contribution in [2.24, 2.45) is 0 Å². The third-order valence-electron chi connectivity index (χ3n) is 3.98. The maximum atomic E-state index is 12.6. The predicted molar refractivity (Wildman–Crippen MR) is 93.4 cm³/mol. The van der Waals surface area contributed by atoms with Gasteiger partial charge in [-0.05, 0) is 19.8 Å². The Hall–Kier alpha value is -2.17. The lowest BCUT2D eigenvalue weighted by molar-refractivity contribution is 0.357. The Bertz CT molecular complexity index is 842. The Morgan fingerprint density at radius 3 is 2.72 bits per heavy atom. The second-order valence-corrected chi connectivity index (χ2v) is 8.09. The molecule has 2 aromatic rings. The van der Waals surface area contributed by atoms with Gasteiger partial charge < -0.3 is 5.32 Å². The fraction of sp³-hybridized carbons (Fsp3) is 0.467. The van der Waals surface area contributed by atoms with Gasteiger partial charge in [-0.15, -0.1) is 0 Å². The Morgan fingerprint density at radius 1 is 1.24 bits per heavy atom. The molecule has 2 aromatic heterocycles. The highest BCUT2D eigenvalue weighted by atomic mass is 32.2. The predicted octanol–water partition coefficient (Wildman–Crippen LogP) is 1.26. The first-order valence-corrected chi connectivity index (χ1v) is 9.35. The van der Waals surface area contributed by atoms with Crippen LogP contribution in [0, 0.1) is 6.92 Å². The fourth-order valence-corrected chi connectivity index (χ4v) is 4.16. The van der Waals surface area contributed by atoms with Gasteiger partial charge >= 0.3 is 0 Å². The van der Waals surface area contributed by atoms with E-state index >= 15 is 0 Å². The lowest BCUT2D eigenvalue weighted by Gasteiger charge is -2.26. The number of anilines is 2. The van der Waals surface area contributed by atoms with Crippen molar-refractivity contribution >= 4 is 21.8 Å². The molecule has 1 atom stereocenters. The lowest BCUT2D eigenvalue weighted by Crippen LogP contribution is -2.39. The minimum absolute atomic E-state index is 0.295. The molecule has 1 N–H and O–H groups in total. The van der Waals surface area contributed by atoms with Crippen LogP contribution in [-0.2, 0) is 10.2 Å². The topological polar surface area (TPSA) is 104 Å². The van der Waals surface area contributed by atoms with Crippen LogP contribution in [0.15, 0.2) is 24.7 Å². The van der Waals surface area contributed by atoms with Crippen molar-refractivity contribution in [3.63, 3.8) is 0 Å². The number of hydrogen-bond donors (Lipinski definition) is 1. The SMILES string of the molecule is Cc1nc(Nc2cnccn2)cc(C2CCCN2S(=O)(=O)N(C)C)n1. The molecule has 3 rings (SSSR count). The van der Waals surface area contributed by atoms with Crippen LogP contribution in [0.3, 0.4) is 0 Å². The molecule has 0 aliphatic carbocycles. The molecule has 25 heavy (non-hydrogen) atoms. The average molecular weight is 363 g/mol. The Kier molecular flexibility index (Phi) is 4.93. The number of nitrogens with zero attached hydrogens (tertiary/aromatic N) is 6. The van der Waals surface area contributed by atoms with Gasteiger partial charge in [0.1, 0.15) is 17.5 Å². The summed E-state index contributed by atoms with van der Waals surface area (Å²) < 4.78 is 27.8. The summed E-state index contributed by atoms with van der Waals surface area (Å²) in [6.45, 7) is 2.27. The van der Waals surface area contributed by atoms with E-state index in [0.717, 1.165) is 12.8 Å². The molecule has 134 valence electrons. The number of hydrogen-bond acceptors (Lipinski definition) is 7. The molecule has 1 fully saturated rings. The summed E-state index contributed by atoms with van der Waals surface area (Å²) >= 11 is 0. The van der Waals surface area contributed by atoms with Gasteiger partial charge in [0.15, 0.2) is 0 Å². The third-order valence-corrected chi connectivity index (χ3v) is 5.93. The zero-order valence-corrected chi connectivity index (χ0v) is 15.2. The molecule has 1 unspecified atom stereocenters. The quantitative estimate of drug-likeness (QED) is 0.853. The normalized spacial score (nSPS) is 18.6. The van der Waals surface area contributed by atoms with Crippen LogP contribution in [0.1, 0.15) is 30.4 Å². The number of rotatable bonds is 5. The van der Waals surface area contributed by atoms with Crippen molar-refractivity contribution in [1.82, 2.24) is 28.5 Å². The van der Waals surface area contributed by atoms with Crippen molar-refractivity contribution < 1.29 is 8.42 Å². The van der Waals surface area contributed by atoms with Gasteiger partial charge in [0.05, 0.1) is 17.9 Å². The standard InChI is InChI=1S/C15H21N7O2S/c1-11-18-12(9-14(19-11)20-15-10-16-6-7-17-15)13-5-4-8-22(13)25(23,24)21(2)3/h6-7,9-10,13H,4-5,8H2,1-3H3,(H,17,18,19,20). The van der Waals surface area contributed by atoms with Crippen molar-refractivity contribution in [1.29, 1.82) is 0 Å². The highest BCUT2D eigenvalue weighted by molar-refractivity contribution is 7.86. The molecular formula is C15H21N7O2S. The van der Waals surface area contributed by atoms with Gasteiger partial charge in [0.25, 0.3) is 10.2 Å². The summed E-state index contributed by atoms with van der Waals surface area (Å²) in [6.07, 6.45) is 6.29. The van der Waals surface area contributed by atoms with Crippen LogP contribution < -0.4 is 5.32 Å². The molecule has 1 aliphatic heterocycles. The van der Waals surface area contributed by atoms with E-state index in [9.17, 15) is 8.42 Å². The van der Waals surface area contributed by atoms with Crippen LogP contribution in [0.25, 0.3) is 0 Å². The van der Waals surface area contributed by atoms with Crippen LogP contribution in [0.5, 0.6) is 0 Å². The average Bonchev–Trinajstić information content (AvgIpc) is 3.05. The molecule has 0 spiro atoms. The minimum Gasteiger partial charge on any atom is -0.324 e. The maximum Gasteiger partial charge on any atom is 0.282 e. The van der Waals surface area contributed by atoms with Crippen molar-refractivity contribution in [3.05, 3.63) is 36.2 Å². The summed E-state index contributed by atoms with van der Waals surface area (Å²) in [7, 11) is -0.418. The summed E-state index contributed by atoms with van der Waals surface area (Å²) in [6, 6.07) is 1.48. The van der Waals surface area contributed by atoms with Crippen molar-refractivity contribution in [3.8, 4) is 0 Å². The molecule has 0 bridgehead atoms. The molecule has 0 saturated carbocycles. The Labute approximate surface area is 147 Å². The zero-order valence-electron chi connectivity index (χ0n) is 14.4. The van der Waals surface area contributed by atoms with Gasteiger partial charge in [0.2, 0.25) is 0 Å². The van der Waals surface area contributed by atoms with E-state index in [1.54, 1.807) is 31.6 Å². The molecular weight excluding hydrogens is 342 g/mol. The third kappa shape index (κ3) is 3.75. The molecule has 0 amide bonds. The van der Waals surface area contributed by atoms with Gasteiger partial charge in [-0.25, -0.2) is 15.0 Å². The molecule has 10 heteroatoms. The molecule has 1 aliphatic rings. The second kappa shape index (κ2) is 6.98. The van der Waals surface area contributed by atoms with Crippen LogP contribution >= 0.6 is 0 Å². The summed E-state index contributed by atoms with van der Waals surface area (Å²) in [5, 5.41) is 3.08. The fourth-order valence-electron chi connectivity index (χ4n) is 2.84. The summed E-state index contributed by atoms with van der Waals surface area (Å²) in [5.41, 5.74) is 0.682. The summed E-state index contributed by atoms with van der Waals surface area (Å²) in [4.78, 5) is 17.0. The van der Waals surface area contributed by atoms with Gasteiger partial charge in [-0.3, -0.25) is 4.98 Å². The first kappa shape index (κ1) is 17.6. The van der Waals surface area contributed by atoms with E-state index < -0.39 is 10.2 Å². The van der Waals surface area contributed by atoms with Crippen molar-refractivity contribution in [2.75, 3.05) is 26.0 Å². The molecule has 1 saturated heterocycles. The van der Waals surface area contributed by atoms with Crippen LogP contribution in [0.2, 0.25) is 0 Å². The van der Waals surface area contributed by atoms with E-state index in [-0.39, 0.29) is 6.04 Å². The number of aryl methyl sites for hydroxylation is 1. The van der Waals surface area contributed by atoms with E-state index in [4.69, 9.17) is 0 Å². The van der Waals surface area contributed by atoms with Crippen LogP contribution in [-0.4, -0.2) is 57.6 Å². The number of nitrogens with one attached hydrogen (secondary N) is 1. The first-order valence-electron chi connectivity index (χ1n) is 7.96. The van der Waals surface area contributed by atoms with Crippen molar-refractivity contribution in [2.45, 2.75) is 25.8 Å². The zero-order chi connectivity index (χ0) is 18.0. The maximum absolute atomic E-state index is 12.6. The molecule has 9 nitrogen and oxygen atoms in total. The molecule has 0 aromatic carbocycles. The highest BCUT2D eigenvalue weighted by Gasteiger charge is 2.37. The smallest absolute Gasteiger partial charge is 0.282 e. The van der Waals surface area contributed by atoms with Gasteiger partial charge in [-0.1, -0.05) is 0 Å². The first-order chi connectivity index (χ1) is 11.9. The minimum atomic E-state index is -3.50. The van der Waals surface area contributed by atoms with E-state index in [1.807, 2.05) is 0 Å². The monoisotopic (exact) mass is 363 g/mol. The highest BCUT2D eigenvalue weighted by Crippen LogP contribution is 2.34. The van der Waals surface area contributed by atoms with Gasteiger partial charge in [0, 0.05) is 39.1 Å². The van der Waals surface area contributed by atoms with E-state index in [2.05, 4.69) is 25.3 Å². The summed E-state index contributed by atoms with van der Waals surface area (Å²) in [5.74, 6) is 1.70. The Morgan fingerprint density at radius 2 is 2.04 bits per heavy atom. The molecule has 0 radical (unpaired) electrons. The van der Waals surface area contributed by atoms with E-state index in [1.165, 1.54) is 22.7 Å². The number of aromatic nitrogens is 4. The second-order valence-electron chi connectivity index (χ2n) is 6.00. The van der Waals surface area contributed by atoms with E-state index in [0.29, 0.717) is 29.7 Å². The lowest BCUT2D eigenvalue weighted by atomic mass is 10.1.